The normalized spacial score (nSPS) is 11.4. The largest absolute Gasteiger partial charge is 0.278 e. The van der Waals surface area contributed by atoms with Gasteiger partial charge in [-0.2, -0.15) is 0 Å². The monoisotopic (exact) mass is 501 g/mol. The molecule has 20 heavy (non-hydrogen) atoms. The van der Waals surface area contributed by atoms with E-state index >= 15 is 0 Å². The van der Waals surface area contributed by atoms with Crippen molar-refractivity contribution in [2.24, 2.45) is 0 Å². The Bertz CT molecular complexity index is 765. The number of anilines is 1. The van der Waals surface area contributed by atoms with Crippen molar-refractivity contribution >= 4 is 75.1 Å². The van der Waals surface area contributed by atoms with Crippen LogP contribution in [0.1, 0.15) is 0 Å². The molecule has 0 fully saturated rings. The van der Waals surface area contributed by atoms with E-state index in [4.69, 9.17) is 11.6 Å². The van der Waals surface area contributed by atoms with Crippen molar-refractivity contribution in [2.75, 3.05) is 4.72 Å². The van der Waals surface area contributed by atoms with Crippen LogP contribution >= 0.6 is 59.4 Å². The number of rotatable bonds is 3. The molecule has 0 unspecified atom stereocenters. The summed E-state index contributed by atoms with van der Waals surface area (Å²) in [5.74, 6) is 0. The minimum atomic E-state index is -3.75. The van der Waals surface area contributed by atoms with Crippen molar-refractivity contribution in [3.8, 4) is 0 Å². The zero-order valence-corrected chi connectivity index (χ0v) is 16.0. The summed E-state index contributed by atoms with van der Waals surface area (Å²) in [6.45, 7) is 0. The second kappa shape index (κ2) is 6.36. The number of nitrogens with one attached hydrogen (secondary N) is 1. The third-order valence-corrected chi connectivity index (χ3v) is 5.88. The molecule has 0 saturated heterocycles. The van der Waals surface area contributed by atoms with Gasteiger partial charge in [-0.15, -0.1) is 0 Å². The topological polar surface area (TPSA) is 46.2 Å². The molecular weight excluding hydrogens is 497 g/mol. The zero-order chi connectivity index (χ0) is 14.9. The van der Waals surface area contributed by atoms with Crippen LogP contribution in [0.3, 0.4) is 0 Å². The summed E-state index contributed by atoms with van der Waals surface area (Å²) in [7, 11) is -3.75. The first-order chi connectivity index (χ1) is 9.29. The Kier molecular flexibility index (Phi) is 5.18. The number of sulfonamides is 1. The lowest BCUT2D eigenvalue weighted by atomic mass is 10.3. The maximum Gasteiger partial charge on any atom is 0.263 e. The number of benzene rings is 2. The fourth-order valence-corrected chi connectivity index (χ4v) is 4.42. The fraction of sp³-hybridized carbons (Fsp3) is 0. The smallest absolute Gasteiger partial charge is 0.263 e. The highest BCUT2D eigenvalue weighted by atomic mass is 79.9. The summed E-state index contributed by atoms with van der Waals surface area (Å²) in [6, 6.07) is 9.80. The summed E-state index contributed by atoms with van der Waals surface area (Å²) in [5.41, 5.74) is 0.429. The lowest BCUT2D eigenvalue weighted by Crippen LogP contribution is -2.13. The van der Waals surface area contributed by atoms with Gasteiger partial charge in [0, 0.05) is 13.4 Å². The minimum absolute atomic E-state index is 0.0224. The molecule has 0 aliphatic rings. The van der Waals surface area contributed by atoms with Gasteiger partial charge >= 0.3 is 0 Å². The second-order valence-electron chi connectivity index (χ2n) is 3.80. The van der Waals surface area contributed by atoms with Gasteiger partial charge in [-0.1, -0.05) is 43.5 Å². The molecule has 8 heteroatoms. The quantitative estimate of drug-likeness (QED) is 0.606. The summed E-state index contributed by atoms with van der Waals surface area (Å²) in [6.07, 6.45) is 0. The van der Waals surface area contributed by atoms with E-state index in [1.807, 2.05) is 0 Å². The molecule has 0 atom stereocenters. The minimum Gasteiger partial charge on any atom is -0.278 e. The van der Waals surface area contributed by atoms with Gasteiger partial charge in [-0.3, -0.25) is 4.72 Å². The second-order valence-corrected chi connectivity index (χ2v) is 8.55. The molecule has 0 aliphatic carbocycles. The van der Waals surface area contributed by atoms with E-state index in [0.29, 0.717) is 14.6 Å². The van der Waals surface area contributed by atoms with Crippen molar-refractivity contribution in [2.45, 2.75) is 4.90 Å². The Balaban J connectivity index is 2.43. The highest BCUT2D eigenvalue weighted by Crippen LogP contribution is 2.31. The van der Waals surface area contributed by atoms with Gasteiger partial charge in [0.2, 0.25) is 0 Å². The number of halogens is 4. The van der Waals surface area contributed by atoms with Crippen molar-refractivity contribution < 1.29 is 8.42 Å². The Morgan fingerprint density at radius 1 is 0.950 bits per heavy atom. The SMILES string of the molecule is O=S(=O)(Nc1cc(Br)ccc1Br)c1ccc(Br)cc1Cl. The summed E-state index contributed by atoms with van der Waals surface area (Å²) in [4.78, 5) is 0.0224. The van der Waals surface area contributed by atoms with E-state index in [9.17, 15) is 8.42 Å². The molecule has 0 radical (unpaired) electrons. The van der Waals surface area contributed by atoms with Gasteiger partial charge in [0.25, 0.3) is 10.0 Å². The van der Waals surface area contributed by atoms with Crippen molar-refractivity contribution in [3.63, 3.8) is 0 Å². The van der Waals surface area contributed by atoms with Crippen LogP contribution in [0.25, 0.3) is 0 Å². The third-order valence-electron chi connectivity index (χ3n) is 2.36. The fourth-order valence-electron chi connectivity index (χ4n) is 1.47. The standard InChI is InChI=1S/C12H7Br3ClNO2S/c13-7-2-4-12(10(16)5-7)20(18,19)17-11-6-8(14)1-3-9(11)15/h1-6,17H. The molecule has 0 aliphatic heterocycles. The lowest BCUT2D eigenvalue weighted by molar-refractivity contribution is 0.601. The molecule has 0 amide bonds. The molecule has 2 aromatic carbocycles. The van der Waals surface area contributed by atoms with Gasteiger partial charge in [-0.05, 0) is 52.3 Å². The molecule has 0 heterocycles. The predicted molar refractivity (Wildman–Crippen MR) is 91.8 cm³/mol. The molecule has 0 saturated carbocycles. The molecular formula is C12H7Br3ClNO2S. The van der Waals surface area contributed by atoms with Crippen LogP contribution < -0.4 is 4.72 Å². The van der Waals surface area contributed by atoms with E-state index in [2.05, 4.69) is 52.5 Å². The zero-order valence-electron chi connectivity index (χ0n) is 9.70. The average Bonchev–Trinajstić information content (AvgIpc) is 2.33. The van der Waals surface area contributed by atoms with Gasteiger partial charge in [0.15, 0.2) is 0 Å². The summed E-state index contributed by atoms with van der Waals surface area (Å²) >= 11 is 15.8. The van der Waals surface area contributed by atoms with Gasteiger partial charge in [0.05, 0.1) is 10.7 Å². The maximum atomic E-state index is 12.4. The van der Waals surface area contributed by atoms with Crippen LogP contribution in [0.4, 0.5) is 5.69 Å². The lowest BCUT2D eigenvalue weighted by Gasteiger charge is -2.11. The molecule has 106 valence electrons. The highest BCUT2D eigenvalue weighted by Gasteiger charge is 2.19. The van der Waals surface area contributed by atoms with Gasteiger partial charge < -0.3 is 0 Å². The predicted octanol–water partition coefficient (Wildman–Crippen LogP) is 5.43. The first-order valence-electron chi connectivity index (χ1n) is 5.22. The van der Waals surface area contributed by atoms with Gasteiger partial charge in [-0.25, -0.2) is 8.42 Å². The number of hydrogen-bond acceptors (Lipinski definition) is 2. The molecule has 3 nitrogen and oxygen atoms in total. The number of hydrogen-bond donors (Lipinski definition) is 1. The first-order valence-corrected chi connectivity index (χ1v) is 9.46. The molecule has 1 N–H and O–H groups in total. The van der Waals surface area contributed by atoms with Gasteiger partial charge in [0.1, 0.15) is 4.90 Å². The van der Waals surface area contributed by atoms with Crippen molar-refractivity contribution in [3.05, 3.63) is 54.8 Å². The van der Waals surface area contributed by atoms with E-state index in [1.165, 1.54) is 12.1 Å². The van der Waals surface area contributed by atoms with E-state index < -0.39 is 10.0 Å². The van der Waals surface area contributed by atoms with Crippen LogP contribution in [0.2, 0.25) is 5.02 Å². The molecule has 2 aromatic rings. The highest BCUT2D eigenvalue weighted by molar-refractivity contribution is 9.11. The Hall–Kier alpha value is -0.0800. The maximum absolute atomic E-state index is 12.4. The first kappa shape index (κ1) is 16.3. The molecule has 0 spiro atoms. The van der Waals surface area contributed by atoms with E-state index in [-0.39, 0.29) is 9.92 Å². The van der Waals surface area contributed by atoms with Crippen molar-refractivity contribution in [1.82, 2.24) is 0 Å². The van der Waals surface area contributed by atoms with Crippen molar-refractivity contribution in [1.29, 1.82) is 0 Å². The molecule has 0 bridgehead atoms. The summed E-state index contributed by atoms with van der Waals surface area (Å²) in [5, 5.41) is 0.151. The van der Waals surface area contributed by atoms with Crippen LogP contribution in [0, 0.1) is 0 Å². The Labute approximate surface area is 147 Å². The average molecular weight is 504 g/mol. The van der Waals surface area contributed by atoms with Crippen LogP contribution in [-0.2, 0) is 10.0 Å². The molecule has 2 rings (SSSR count). The van der Waals surface area contributed by atoms with Crippen LogP contribution in [0.15, 0.2) is 54.7 Å². The van der Waals surface area contributed by atoms with Crippen LogP contribution in [0.5, 0.6) is 0 Å². The summed E-state index contributed by atoms with van der Waals surface area (Å²) < 4.78 is 29.3. The Morgan fingerprint density at radius 2 is 1.55 bits per heavy atom. The van der Waals surface area contributed by atoms with E-state index in [0.717, 1.165) is 4.47 Å². The Morgan fingerprint density at radius 3 is 2.20 bits per heavy atom. The van der Waals surface area contributed by atoms with Crippen LogP contribution in [-0.4, -0.2) is 8.42 Å². The van der Waals surface area contributed by atoms with E-state index in [1.54, 1.807) is 24.3 Å². The third kappa shape index (κ3) is 3.76. The molecule has 0 aromatic heterocycles.